The Morgan fingerprint density at radius 2 is 2.05 bits per heavy atom. The molecule has 2 rings (SSSR count). The molecule has 0 aliphatic rings. The van der Waals surface area contributed by atoms with Gasteiger partial charge in [0.1, 0.15) is 0 Å². The molecule has 0 atom stereocenters. The maximum absolute atomic E-state index is 12.8. The van der Waals surface area contributed by atoms with Crippen molar-refractivity contribution in [2.75, 3.05) is 0 Å². The highest BCUT2D eigenvalue weighted by atomic mass is 79.9. The van der Waals surface area contributed by atoms with Crippen LogP contribution in [0.2, 0.25) is 0 Å². The molecule has 0 aliphatic carbocycles. The summed E-state index contributed by atoms with van der Waals surface area (Å²) in [6.07, 6.45) is -3.35. The minimum absolute atomic E-state index is 0.0666. The summed E-state index contributed by atoms with van der Waals surface area (Å²) >= 11 is 3.12. The summed E-state index contributed by atoms with van der Waals surface area (Å²) in [5, 5.41) is 3.52. The Hall–Kier alpha value is -1.90. The Labute approximate surface area is 113 Å². The third-order valence-electron chi connectivity index (χ3n) is 2.18. The van der Waals surface area contributed by atoms with Crippen LogP contribution in [-0.2, 0) is 6.18 Å². The number of aromatic nitrogens is 3. The third kappa shape index (κ3) is 2.75. The Morgan fingerprint density at radius 1 is 1.37 bits per heavy atom. The molecule has 2 N–H and O–H groups in total. The fourth-order valence-corrected chi connectivity index (χ4v) is 1.61. The minimum Gasteiger partial charge on any atom is -0.364 e. The van der Waals surface area contributed by atoms with Gasteiger partial charge < -0.3 is 5.73 Å². The number of nitrogens with two attached hydrogens (primary N) is 1. The van der Waals surface area contributed by atoms with E-state index in [4.69, 9.17) is 5.73 Å². The first-order valence-electron chi connectivity index (χ1n) is 4.88. The fourth-order valence-electron chi connectivity index (χ4n) is 1.37. The summed E-state index contributed by atoms with van der Waals surface area (Å²) < 4.78 is 39.7. The predicted octanol–water partition coefficient (Wildman–Crippen LogP) is 2.15. The molecule has 0 spiro atoms. The molecule has 0 bridgehead atoms. The van der Waals surface area contributed by atoms with Crippen molar-refractivity contribution in [1.29, 1.82) is 0 Å². The van der Waals surface area contributed by atoms with Crippen LogP contribution >= 0.6 is 15.9 Å². The number of alkyl halides is 3. The summed E-state index contributed by atoms with van der Waals surface area (Å²) in [6, 6.07) is 3.43. The van der Waals surface area contributed by atoms with Gasteiger partial charge >= 0.3 is 6.18 Å². The van der Waals surface area contributed by atoms with Crippen molar-refractivity contribution in [1.82, 2.24) is 14.8 Å². The van der Waals surface area contributed by atoms with E-state index in [1.165, 1.54) is 18.3 Å². The molecule has 0 aliphatic heterocycles. The van der Waals surface area contributed by atoms with Gasteiger partial charge in [-0.1, -0.05) is 0 Å². The molecule has 2 heterocycles. The Balaban J connectivity index is 2.61. The minimum atomic E-state index is -4.67. The number of nitrogens with zero attached hydrogens (tertiary/aromatic N) is 3. The van der Waals surface area contributed by atoms with Crippen molar-refractivity contribution in [3.05, 3.63) is 40.3 Å². The first-order chi connectivity index (χ1) is 8.79. The van der Waals surface area contributed by atoms with Crippen molar-refractivity contribution in [2.45, 2.75) is 6.18 Å². The van der Waals surface area contributed by atoms with Crippen LogP contribution in [0.5, 0.6) is 0 Å². The van der Waals surface area contributed by atoms with Crippen LogP contribution in [0.4, 0.5) is 13.2 Å². The topological polar surface area (TPSA) is 73.8 Å². The van der Waals surface area contributed by atoms with E-state index in [1.54, 1.807) is 0 Å². The van der Waals surface area contributed by atoms with Crippen LogP contribution in [-0.4, -0.2) is 20.7 Å². The van der Waals surface area contributed by atoms with E-state index in [2.05, 4.69) is 26.0 Å². The van der Waals surface area contributed by atoms with Gasteiger partial charge in [0.2, 0.25) is 0 Å². The zero-order chi connectivity index (χ0) is 14.2. The monoisotopic (exact) mass is 334 g/mol. The molecule has 5 nitrogen and oxygen atoms in total. The molecule has 2 aromatic rings. The smallest absolute Gasteiger partial charge is 0.364 e. The van der Waals surface area contributed by atoms with Gasteiger partial charge in [0.25, 0.3) is 5.91 Å². The molecule has 2 aromatic heterocycles. The Bertz CT molecular complexity index is 621. The Kier molecular flexibility index (Phi) is 3.31. The maximum Gasteiger partial charge on any atom is 0.433 e. The quantitative estimate of drug-likeness (QED) is 0.914. The molecule has 100 valence electrons. The average Bonchev–Trinajstić information content (AvgIpc) is 2.74. The lowest BCUT2D eigenvalue weighted by Gasteiger charge is -2.08. The first kappa shape index (κ1) is 13.5. The highest BCUT2D eigenvalue weighted by molar-refractivity contribution is 9.10. The van der Waals surface area contributed by atoms with Gasteiger partial charge in [-0.3, -0.25) is 4.79 Å². The normalized spacial score (nSPS) is 11.6. The number of carbonyl (C=O) groups excluding carboxylic acids is 1. The van der Waals surface area contributed by atoms with Gasteiger partial charge in [-0.15, -0.1) is 0 Å². The van der Waals surface area contributed by atoms with Gasteiger partial charge in [0, 0.05) is 16.7 Å². The summed E-state index contributed by atoms with van der Waals surface area (Å²) in [5.74, 6) is -1.11. The summed E-state index contributed by atoms with van der Waals surface area (Å²) in [7, 11) is 0. The molecule has 0 saturated heterocycles. The average molecular weight is 335 g/mol. The SMILES string of the molecule is NC(=O)c1cc(C(F)(F)F)n(-c2ccc(Br)cn2)n1. The van der Waals surface area contributed by atoms with Crippen LogP contribution < -0.4 is 5.73 Å². The van der Waals surface area contributed by atoms with E-state index in [1.807, 2.05) is 0 Å². The van der Waals surface area contributed by atoms with Crippen LogP contribution in [0, 0.1) is 0 Å². The highest BCUT2D eigenvalue weighted by Gasteiger charge is 2.37. The lowest BCUT2D eigenvalue weighted by atomic mass is 10.3. The van der Waals surface area contributed by atoms with E-state index in [-0.39, 0.29) is 5.82 Å². The van der Waals surface area contributed by atoms with Crippen molar-refractivity contribution in [3.63, 3.8) is 0 Å². The zero-order valence-corrected chi connectivity index (χ0v) is 10.7. The number of hydrogen-bond donors (Lipinski definition) is 1. The molecule has 0 saturated carbocycles. The largest absolute Gasteiger partial charge is 0.433 e. The van der Waals surface area contributed by atoms with Crippen molar-refractivity contribution < 1.29 is 18.0 Å². The summed E-state index contributed by atoms with van der Waals surface area (Å²) in [5.41, 5.74) is 3.34. The molecular weight excluding hydrogens is 329 g/mol. The van der Waals surface area contributed by atoms with Gasteiger partial charge in [0.15, 0.2) is 17.2 Å². The molecule has 19 heavy (non-hydrogen) atoms. The molecule has 9 heteroatoms. The second-order valence-corrected chi connectivity index (χ2v) is 4.44. The standard InChI is InChI=1S/C10H6BrF3N4O/c11-5-1-2-8(16-4-5)18-7(10(12,13)14)3-6(17-18)9(15)19/h1-4H,(H2,15,19). The van der Waals surface area contributed by atoms with Crippen LogP contribution in [0.3, 0.4) is 0 Å². The number of primary amides is 1. The highest BCUT2D eigenvalue weighted by Crippen LogP contribution is 2.31. The van der Waals surface area contributed by atoms with Crippen LogP contribution in [0.25, 0.3) is 5.82 Å². The third-order valence-corrected chi connectivity index (χ3v) is 2.65. The molecule has 0 aromatic carbocycles. The number of halogens is 4. The van der Waals surface area contributed by atoms with Crippen LogP contribution in [0.1, 0.15) is 16.2 Å². The van der Waals surface area contributed by atoms with Gasteiger partial charge in [-0.25, -0.2) is 9.67 Å². The van der Waals surface area contributed by atoms with E-state index >= 15 is 0 Å². The summed E-state index contributed by atoms with van der Waals surface area (Å²) in [6.45, 7) is 0. The van der Waals surface area contributed by atoms with E-state index in [0.717, 1.165) is 0 Å². The lowest BCUT2D eigenvalue weighted by molar-refractivity contribution is -0.142. The Morgan fingerprint density at radius 3 is 2.53 bits per heavy atom. The molecule has 0 radical (unpaired) electrons. The second-order valence-electron chi connectivity index (χ2n) is 3.52. The fraction of sp³-hybridized carbons (Fsp3) is 0.100. The van der Waals surface area contributed by atoms with Crippen molar-refractivity contribution >= 4 is 21.8 Å². The van der Waals surface area contributed by atoms with Gasteiger partial charge in [-0.2, -0.15) is 18.3 Å². The van der Waals surface area contributed by atoms with E-state index < -0.39 is 23.5 Å². The summed E-state index contributed by atoms with van der Waals surface area (Å²) in [4.78, 5) is 14.7. The number of rotatable bonds is 2. The number of hydrogen-bond acceptors (Lipinski definition) is 3. The van der Waals surface area contributed by atoms with Crippen LogP contribution in [0.15, 0.2) is 28.9 Å². The molecule has 1 amide bonds. The first-order valence-corrected chi connectivity index (χ1v) is 5.67. The lowest BCUT2D eigenvalue weighted by Crippen LogP contribution is -2.14. The molecule has 0 unspecified atom stereocenters. The van der Waals surface area contributed by atoms with E-state index in [0.29, 0.717) is 15.2 Å². The predicted molar refractivity (Wildman–Crippen MR) is 62.6 cm³/mol. The van der Waals surface area contributed by atoms with E-state index in [9.17, 15) is 18.0 Å². The zero-order valence-electron chi connectivity index (χ0n) is 9.15. The maximum atomic E-state index is 12.8. The van der Waals surface area contributed by atoms with Gasteiger partial charge in [-0.05, 0) is 28.1 Å². The number of amides is 1. The number of pyridine rings is 1. The van der Waals surface area contributed by atoms with Crippen molar-refractivity contribution in [3.8, 4) is 5.82 Å². The molecular formula is C10H6BrF3N4O. The van der Waals surface area contributed by atoms with Crippen molar-refractivity contribution in [2.24, 2.45) is 5.73 Å². The molecule has 0 fully saturated rings. The van der Waals surface area contributed by atoms with Gasteiger partial charge in [0.05, 0.1) is 0 Å². The second kappa shape index (κ2) is 4.65. The number of carbonyl (C=O) groups is 1.